The molecular weight excluding hydrogens is 298 g/mol. The van der Waals surface area contributed by atoms with Crippen molar-refractivity contribution in [2.75, 3.05) is 4.72 Å². The van der Waals surface area contributed by atoms with Gasteiger partial charge in [-0.25, -0.2) is 8.42 Å². The molecule has 2 rings (SSSR count). The van der Waals surface area contributed by atoms with Gasteiger partial charge in [-0.3, -0.25) is 9.40 Å². The third-order valence-electron chi connectivity index (χ3n) is 4.12. The Bertz CT molecular complexity index is 761. The van der Waals surface area contributed by atoms with Crippen molar-refractivity contribution in [3.05, 3.63) is 41.2 Å². The summed E-state index contributed by atoms with van der Waals surface area (Å²) >= 11 is 0. The lowest BCUT2D eigenvalue weighted by Crippen LogP contribution is -2.14. The number of aromatic nitrogens is 2. The molecule has 0 spiro atoms. The third-order valence-corrected chi connectivity index (χ3v) is 5.48. The Morgan fingerprint density at radius 2 is 1.82 bits per heavy atom. The van der Waals surface area contributed by atoms with E-state index < -0.39 is 10.0 Å². The van der Waals surface area contributed by atoms with Crippen molar-refractivity contribution < 1.29 is 8.42 Å². The number of nitrogens with zero attached hydrogens (tertiary/aromatic N) is 2. The van der Waals surface area contributed by atoms with Crippen LogP contribution in [0.2, 0.25) is 0 Å². The number of rotatable bonds is 5. The Balaban J connectivity index is 2.31. The third kappa shape index (κ3) is 3.16. The first-order chi connectivity index (χ1) is 10.3. The van der Waals surface area contributed by atoms with Gasteiger partial charge in [0, 0.05) is 7.05 Å². The van der Waals surface area contributed by atoms with Crippen molar-refractivity contribution in [1.29, 1.82) is 0 Å². The van der Waals surface area contributed by atoms with Gasteiger partial charge in [0.25, 0.3) is 10.0 Å². The van der Waals surface area contributed by atoms with Gasteiger partial charge < -0.3 is 0 Å². The van der Waals surface area contributed by atoms with Crippen molar-refractivity contribution in [2.24, 2.45) is 7.05 Å². The fourth-order valence-electron chi connectivity index (χ4n) is 2.33. The highest BCUT2D eigenvalue weighted by molar-refractivity contribution is 7.92. The molecule has 120 valence electrons. The molecule has 0 amide bonds. The molecule has 0 unspecified atom stereocenters. The number of sulfonamides is 1. The molecule has 0 saturated heterocycles. The van der Waals surface area contributed by atoms with Gasteiger partial charge in [-0.1, -0.05) is 26.0 Å². The minimum absolute atomic E-state index is 0.266. The van der Waals surface area contributed by atoms with Crippen LogP contribution in [0.4, 0.5) is 5.69 Å². The molecule has 1 N–H and O–H groups in total. The van der Waals surface area contributed by atoms with Crippen molar-refractivity contribution in [2.45, 2.75) is 44.9 Å². The zero-order valence-corrected chi connectivity index (χ0v) is 14.5. The average molecular weight is 321 g/mol. The molecule has 5 nitrogen and oxygen atoms in total. The Kier molecular flexibility index (Phi) is 4.60. The van der Waals surface area contributed by atoms with Crippen LogP contribution in [-0.2, 0) is 17.1 Å². The van der Waals surface area contributed by atoms with Gasteiger partial charge in [0.15, 0.2) is 0 Å². The summed E-state index contributed by atoms with van der Waals surface area (Å²) in [6, 6.07) is 7.08. The molecule has 1 atom stereocenters. The maximum atomic E-state index is 12.5. The summed E-state index contributed by atoms with van der Waals surface area (Å²) in [5.41, 5.74) is 3.15. The molecule has 2 aromatic rings. The van der Waals surface area contributed by atoms with Crippen molar-refractivity contribution in [3.8, 4) is 0 Å². The van der Waals surface area contributed by atoms with Gasteiger partial charge >= 0.3 is 0 Å². The molecule has 1 heterocycles. The average Bonchev–Trinajstić information content (AvgIpc) is 2.73. The fraction of sp³-hybridized carbons (Fsp3) is 0.438. The number of nitrogens with one attached hydrogen (secondary N) is 1. The minimum atomic E-state index is -3.60. The normalized spacial score (nSPS) is 13.1. The van der Waals surface area contributed by atoms with Gasteiger partial charge in [0.1, 0.15) is 0 Å². The van der Waals surface area contributed by atoms with E-state index in [9.17, 15) is 8.42 Å². The summed E-state index contributed by atoms with van der Waals surface area (Å²) < 4.78 is 29.3. The van der Waals surface area contributed by atoms with E-state index in [1.54, 1.807) is 30.8 Å². The number of benzene rings is 1. The molecule has 0 aliphatic rings. The van der Waals surface area contributed by atoms with Crippen LogP contribution in [0.25, 0.3) is 0 Å². The number of hydrogen-bond acceptors (Lipinski definition) is 3. The van der Waals surface area contributed by atoms with Gasteiger partial charge in [-0.15, -0.1) is 0 Å². The first kappa shape index (κ1) is 16.5. The van der Waals surface area contributed by atoms with Crippen LogP contribution >= 0.6 is 0 Å². The molecule has 0 saturated carbocycles. The van der Waals surface area contributed by atoms with E-state index in [0.717, 1.165) is 17.7 Å². The second kappa shape index (κ2) is 6.12. The number of anilines is 1. The lowest BCUT2D eigenvalue weighted by molar-refractivity contribution is 0.601. The standard InChI is InChI=1S/C16H23N3O2S/c1-6-11(2)14-7-9-15(10-8-14)22(20,21)18-16-12(3)17-19(5)13(16)4/h7-11,18H,6H2,1-5H3/t11-/m1/s1. The maximum absolute atomic E-state index is 12.5. The highest BCUT2D eigenvalue weighted by Gasteiger charge is 2.19. The molecule has 22 heavy (non-hydrogen) atoms. The van der Waals surface area contributed by atoms with Crippen LogP contribution < -0.4 is 4.72 Å². The first-order valence-corrected chi connectivity index (χ1v) is 8.87. The Hall–Kier alpha value is -1.82. The largest absolute Gasteiger partial charge is 0.276 e. The quantitative estimate of drug-likeness (QED) is 0.918. The zero-order valence-electron chi connectivity index (χ0n) is 13.7. The molecule has 1 aromatic carbocycles. The van der Waals surface area contributed by atoms with E-state index in [-0.39, 0.29) is 4.90 Å². The molecule has 0 bridgehead atoms. The monoisotopic (exact) mass is 321 g/mol. The number of hydrogen-bond donors (Lipinski definition) is 1. The van der Waals surface area contributed by atoms with Crippen LogP contribution in [0.5, 0.6) is 0 Å². The first-order valence-electron chi connectivity index (χ1n) is 7.39. The van der Waals surface area contributed by atoms with E-state index in [1.165, 1.54) is 0 Å². The second-order valence-corrected chi connectivity index (χ2v) is 7.34. The molecule has 6 heteroatoms. The van der Waals surface area contributed by atoms with Crippen LogP contribution in [0.3, 0.4) is 0 Å². The molecule has 0 aliphatic carbocycles. The molecule has 0 aliphatic heterocycles. The Morgan fingerprint density at radius 1 is 1.23 bits per heavy atom. The summed E-state index contributed by atoms with van der Waals surface area (Å²) in [7, 11) is -1.80. The van der Waals surface area contributed by atoms with Gasteiger partial charge in [-0.2, -0.15) is 5.10 Å². The summed E-state index contributed by atoms with van der Waals surface area (Å²) in [6.45, 7) is 7.87. The highest BCUT2D eigenvalue weighted by Crippen LogP contribution is 2.24. The van der Waals surface area contributed by atoms with E-state index in [2.05, 4.69) is 23.7 Å². The van der Waals surface area contributed by atoms with Gasteiger partial charge in [0.2, 0.25) is 0 Å². The van der Waals surface area contributed by atoms with Gasteiger partial charge in [0.05, 0.1) is 22.0 Å². The molecule has 0 fully saturated rings. The molecule has 1 aromatic heterocycles. The fourth-order valence-corrected chi connectivity index (χ4v) is 3.50. The summed E-state index contributed by atoms with van der Waals surface area (Å²) in [4.78, 5) is 0.266. The number of aryl methyl sites for hydroxylation is 2. The molecular formula is C16H23N3O2S. The lowest BCUT2D eigenvalue weighted by atomic mass is 9.99. The molecule has 0 radical (unpaired) electrons. The highest BCUT2D eigenvalue weighted by atomic mass is 32.2. The smallest absolute Gasteiger partial charge is 0.262 e. The van der Waals surface area contributed by atoms with Crippen molar-refractivity contribution in [1.82, 2.24) is 9.78 Å². The van der Waals surface area contributed by atoms with E-state index in [4.69, 9.17) is 0 Å². The topological polar surface area (TPSA) is 64.0 Å². The Labute approximate surface area is 132 Å². The van der Waals surface area contributed by atoms with E-state index in [0.29, 0.717) is 17.3 Å². The summed E-state index contributed by atoms with van der Waals surface area (Å²) in [5, 5.41) is 4.23. The van der Waals surface area contributed by atoms with Crippen LogP contribution in [0.1, 0.15) is 43.1 Å². The van der Waals surface area contributed by atoms with Crippen molar-refractivity contribution >= 4 is 15.7 Å². The predicted octanol–water partition coefficient (Wildman–Crippen LogP) is 3.35. The summed E-state index contributed by atoms with van der Waals surface area (Å²) in [6.07, 6.45) is 1.03. The van der Waals surface area contributed by atoms with Crippen LogP contribution in [-0.4, -0.2) is 18.2 Å². The van der Waals surface area contributed by atoms with E-state index in [1.807, 2.05) is 19.1 Å². The van der Waals surface area contributed by atoms with Gasteiger partial charge in [-0.05, 0) is 43.9 Å². The zero-order chi connectivity index (χ0) is 16.5. The van der Waals surface area contributed by atoms with Crippen LogP contribution in [0.15, 0.2) is 29.2 Å². The summed E-state index contributed by atoms with van der Waals surface area (Å²) in [5.74, 6) is 0.424. The lowest BCUT2D eigenvalue weighted by Gasteiger charge is -2.11. The second-order valence-electron chi connectivity index (χ2n) is 5.65. The maximum Gasteiger partial charge on any atom is 0.262 e. The van der Waals surface area contributed by atoms with Crippen LogP contribution in [0, 0.1) is 13.8 Å². The predicted molar refractivity (Wildman–Crippen MR) is 88.6 cm³/mol. The van der Waals surface area contributed by atoms with Crippen molar-refractivity contribution in [3.63, 3.8) is 0 Å². The Morgan fingerprint density at radius 3 is 2.27 bits per heavy atom. The SMILES string of the molecule is CC[C@@H](C)c1ccc(S(=O)(=O)Nc2c(C)nn(C)c2C)cc1. The van der Waals surface area contributed by atoms with E-state index >= 15 is 0 Å². The minimum Gasteiger partial charge on any atom is -0.276 e.